The lowest BCUT2D eigenvalue weighted by atomic mass is 10.1. The first-order chi connectivity index (χ1) is 16.0. The number of hydrogen-bond acceptors (Lipinski definition) is 8. The van der Waals surface area contributed by atoms with E-state index < -0.39 is 5.82 Å². The number of piperidine rings is 1. The molecule has 11 heteroatoms. The summed E-state index contributed by atoms with van der Waals surface area (Å²) < 4.78 is 16.4. The van der Waals surface area contributed by atoms with Gasteiger partial charge in [-0.05, 0) is 74.8 Å². The summed E-state index contributed by atoms with van der Waals surface area (Å²) in [6.07, 6.45) is 5.43. The van der Waals surface area contributed by atoms with Crippen LogP contribution in [-0.2, 0) is 6.54 Å². The molecule has 3 aromatic heterocycles. The van der Waals surface area contributed by atoms with E-state index in [1.165, 1.54) is 17.2 Å². The van der Waals surface area contributed by atoms with Crippen LogP contribution < -0.4 is 11.1 Å². The Labute approximate surface area is 190 Å². The zero-order valence-electron chi connectivity index (χ0n) is 18.7. The number of rotatable bonds is 6. The molecule has 5 rings (SSSR count). The van der Waals surface area contributed by atoms with Crippen LogP contribution in [-0.4, -0.2) is 58.8 Å². The van der Waals surface area contributed by atoms with Crippen molar-refractivity contribution in [1.82, 2.24) is 39.7 Å². The van der Waals surface area contributed by atoms with Crippen LogP contribution in [0.4, 0.5) is 15.9 Å². The number of halogens is 1. The quantitative estimate of drug-likeness (QED) is 0.461. The van der Waals surface area contributed by atoms with Crippen LogP contribution in [0.2, 0.25) is 0 Å². The average Bonchev–Trinajstić information content (AvgIpc) is 3.45. The maximum absolute atomic E-state index is 14.6. The van der Waals surface area contributed by atoms with Crippen LogP contribution in [0.15, 0.2) is 36.8 Å². The number of nitrogens with two attached hydrogens (primary N) is 1. The lowest BCUT2D eigenvalue weighted by Crippen LogP contribution is -2.39. The van der Waals surface area contributed by atoms with E-state index in [-0.39, 0.29) is 23.5 Å². The number of tetrazole rings is 1. The Morgan fingerprint density at radius 1 is 1.21 bits per heavy atom. The molecule has 33 heavy (non-hydrogen) atoms. The lowest BCUT2D eigenvalue weighted by Gasteiger charge is -2.29. The van der Waals surface area contributed by atoms with Crippen LogP contribution >= 0.6 is 0 Å². The highest BCUT2D eigenvalue weighted by atomic mass is 19.1. The van der Waals surface area contributed by atoms with E-state index in [9.17, 15) is 4.39 Å². The highest BCUT2D eigenvalue weighted by Crippen LogP contribution is 2.28. The van der Waals surface area contributed by atoms with Gasteiger partial charge in [-0.3, -0.25) is 4.90 Å². The van der Waals surface area contributed by atoms with Gasteiger partial charge in [0.2, 0.25) is 5.82 Å². The maximum Gasteiger partial charge on any atom is 0.207 e. The topological polar surface area (TPSA) is 115 Å². The van der Waals surface area contributed by atoms with Gasteiger partial charge >= 0.3 is 0 Å². The van der Waals surface area contributed by atoms with Crippen molar-refractivity contribution >= 4 is 17.0 Å². The number of hydrogen-bond donors (Lipinski definition) is 2. The van der Waals surface area contributed by atoms with Crippen LogP contribution in [0.3, 0.4) is 0 Å². The minimum atomic E-state index is -0.414. The van der Waals surface area contributed by atoms with E-state index in [0.717, 1.165) is 43.6 Å². The average molecular weight is 451 g/mol. The molecular weight excluding hydrogens is 423 g/mol. The summed E-state index contributed by atoms with van der Waals surface area (Å²) in [5.41, 5.74) is 9.01. The molecule has 4 aromatic rings. The van der Waals surface area contributed by atoms with Gasteiger partial charge in [0.15, 0.2) is 5.82 Å². The number of nitrogens with one attached hydrogen (secondary N) is 1. The molecule has 0 aliphatic carbocycles. The van der Waals surface area contributed by atoms with Crippen LogP contribution in [0.1, 0.15) is 38.3 Å². The third-order valence-corrected chi connectivity index (χ3v) is 5.92. The first-order valence-electron chi connectivity index (χ1n) is 11.1. The molecule has 0 amide bonds. The van der Waals surface area contributed by atoms with Gasteiger partial charge in [-0.25, -0.2) is 13.9 Å². The third kappa shape index (κ3) is 4.41. The zero-order chi connectivity index (χ0) is 22.9. The molecule has 0 unspecified atom stereocenters. The highest BCUT2D eigenvalue weighted by molar-refractivity contribution is 5.77. The molecule has 0 bridgehead atoms. The van der Waals surface area contributed by atoms with E-state index >= 15 is 0 Å². The SMILES string of the molecule is CC(C)n1nnc(-c2cc(Nc3ncnn4ccc(CN5CCC(N)CC5)c34)ccc2F)n1. The molecule has 4 heterocycles. The second-order valence-corrected chi connectivity index (χ2v) is 8.70. The normalized spacial score (nSPS) is 15.5. The van der Waals surface area contributed by atoms with Gasteiger partial charge in [-0.1, -0.05) is 0 Å². The molecule has 1 saturated heterocycles. The highest BCUT2D eigenvalue weighted by Gasteiger charge is 2.19. The predicted octanol–water partition coefficient (Wildman–Crippen LogP) is 2.77. The predicted molar refractivity (Wildman–Crippen MR) is 122 cm³/mol. The van der Waals surface area contributed by atoms with E-state index in [4.69, 9.17) is 5.73 Å². The Bertz CT molecular complexity index is 1260. The number of nitrogens with zero attached hydrogens (tertiary/aromatic N) is 8. The van der Waals surface area contributed by atoms with Gasteiger partial charge in [0.25, 0.3) is 0 Å². The molecule has 0 saturated carbocycles. The van der Waals surface area contributed by atoms with Crippen molar-refractivity contribution in [3.05, 3.63) is 48.2 Å². The monoisotopic (exact) mass is 450 g/mol. The fourth-order valence-electron chi connectivity index (χ4n) is 4.05. The summed E-state index contributed by atoms with van der Waals surface area (Å²) in [6, 6.07) is 7.12. The Balaban J connectivity index is 1.44. The fraction of sp³-hybridized carbons (Fsp3) is 0.409. The molecule has 1 aromatic carbocycles. The van der Waals surface area contributed by atoms with Crippen LogP contribution in [0.5, 0.6) is 0 Å². The van der Waals surface area contributed by atoms with Crippen molar-refractivity contribution in [3.63, 3.8) is 0 Å². The summed E-state index contributed by atoms with van der Waals surface area (Å²) in [5, 5.41) is 20.0. The Morgan fingerprint density at radius 2 is 2.03 bits per heavy atom. The van der Waals surface area contributed by atoms with E-state index in [2.05, 4.69) is 41.8 Å². The number of fused-ring (bicyclic) bond motifs is 1. The first-order valence-corrected chi connectivity index (χ1v) is 11.1. The summed E-state index contributed by atoms with van der Waals surface area (Å²) in [7, 11) is 0. The second kappa shape index (κ2) is 8.83. The standard InChI is InChI=1S/C22H27FN10/c1-14(2)33-29-21(28-30-33)18-11-17(3-4-19(18)23)27-22-20-15(5-10-32(20)26-13-25-22)12-31-8-6-16(24)7-9-31/h3-5,10-11,13-14,16H,6-9,12,24H2,1-2H3,(H,25,26,27). The lowest BCUT2D eigenvalue weighted by molar-refractivity contribution is 0.206. The van der Waals surface area contributed by atoms with Crippen molar-refractivity contribution in [2.75, 3.05) is 18.4 Å². The molecule has 0 atom stereocenters. The molecule has 1 fully saturated rings. The van der Waals surface area contributed by atoms with Crippen molar-refractivity contribution in [2.45, 2.75) is 45.3 Å². The Hall–Kier alpha value is -3.44. The first kappa shape index (κ1) is 21.4. The van der Waals surface area contributed by atoms with Gasteiger partial charge in [-0.2, -0.15) is 9.90 Å². The number of aromatic nitrogens is 7. The number of benzene rings is 1. The van der Waals surface area contributed by atoms with Gasteiger partial charge in [0.05, 0.1) is 11.6 Å². The molecular formula is C22H27FN10. The molecule has 1 aliphatic rings. The van der Waals surface area contributed by atoms with E-state index in [1.54, 1.807) is 16.6 Å². The molecule has 172 valence electrons. The number of anilines is 2. The zero-order valence-corrected chi connectivity index (χ0v) is 18.7. The summed E-state index contributed by atoms with van der Waals surface area (Å²) in [5.74, 6) is 0.475. The van der Waals surface area contributed by atoms with Crippen molar-refractivity contribution in [1.29, 1.82) is 0 Å². The van der Waals surface area contributed by atoms with Crippen LogP contribution in [0.25, 0.3) is 16.9 Å². The largest absolute Gasteiger partial charge is 0.338 e. The number of likely N-dealkylation sites (tertiary alicyclic amines) is 1. The molecule has 10 nitrogen and oxygen atoms in total. The van der Waals surface area contributed by atoms with Crippen molar-refractivity contribution in [3.8, 4) is 11.4 Å². The van der Waals surface area contributed by atoms with Gasteiger partial charge in [-0.15, -0.1) is 10.2 Å². The summed E-state index contributed by atoms with van der Waals surface area (Å²) >= 11 is 0. The molecule has 3 N–H and O–H groups in total. The van der Waals surface area contributed by atoms with Crippen LogP contribution in [0, 0.1) is 5.82 Å². The maximum atomic E-state index is 14.6. The minimum absolute atomic E-state index is 0.0355. The summed E-state index contributed by atoms with van der Waals surface area (Å²) in [6.45, 7) is 6.61. The van der Waals surface area contributed by atoms with Gasteiger partial charge in [0, 0.05) is 24.5 Å². The van der Waals surface area contributed by atoms with Gasteiger partial charge < -0.3 is 11.1 Å². The van der Waals surface area contributed by atoms with E-state index in [0.29, 0.717) is 11.5 Å². The minimum Gasteiger partial charge on any atom is -0.338 e. The molecule has 1 aliphatic heterocycles. The Kier molecular flexibility index (Phi) is 5.73. The van der Waals surface area contributed by atoms with Crippen molar-refractivity contribution in [2.24, 2.45) is 5.73 Å². The summed E-state index contributed by atoms with van der Waals surface area (Å²) in [4.78, 5) is 8.33. The van der Waals surface area contributed by atoms with E-state index in [1.807, 2.05) is 20.0 Å². The van der Waals surface area contributed by atoms with Crippen molar-refractivity contribution < 1.29 is 4.39 Å². The smallest absolute Gasteiger partial charge is 0.207 e. The molecule has 0 spiro atoms. The van der Waals surface area contributed by atoms with Gasteiger partial charge in [0.1, 0.15) is 17.7 Å². The Morgan fingerprint density at radius 3 is 2.79 bits per heavy atom. The fourth-order valence-corrected chi connectivity index (χ4v) is 4.05. The third-order valence-electron chi connectivity index (χ3n) is 5.92. The molecule has 0 radical (unpaired) electrons. The second-order valence-electron chi connectivity index (χ2n) is 8.70.